The van der Waals surface area contributed by atoms with E-state index in [1.54, 1.807) is 0 Å². The smallest absolute Gasteiger partial charge is 0.137 e. The Kier molecular flexibility index (Phi) is 5.44. The Hall–Kier alpha value is -1.06. The number of ether oxygens (including phenoxy) is 1. The summed E-state index contributed by atoms with van der Waals surface area (Å²) in [4.78, 5) is 1.51. The average molecular weight is 278 g/mol. The Balaban J connectivity index is 1.76. The summed E-state index contributed by atoms with van der Waals surface area (Å²) < 4.78 is 5.68. The van der Waals surface area contributed by atoms with Crippen molar-refractivity contribution >= 4 is 0 Å². The van der Waals surface area contributed by atoms with Gasteiger partial charge in [-0.25, -0.2) is 0 Å². The minimum absolute atomic E-state index is 0.385. The van der Waals surface area contributed by atoms with Crippen LogP contribution in [0.4, 0.5) is 0 Å². The van der Waals surface area contributed by atoms with Gasteiger partial charge in [0, 0.05) is 11.8 Å². The summed E-state index contributed by atoms with van der Waals surface area (Å²) in [7, 11) is 0. The van der Waals surface area contributed by atoms with Crippen LogP contribution in [0.3, 0.4) is 0 Å². The van der Waals surface area contributed by atoms with Crippen LogP contribution in [0.25, 0.3) is 0 Å². The molecule has 0 saturated carbocycles. The van der Waals surface area contributed by atoms with E-state index >= 15 is 0 Å². The molecular weight excluding hydrogens is 250 g/mol. The maximum atomic E-state index is 10.2. The number of rotatable bonds is 5. The maximum absolute atomic E-state index is 10.2. The molecule has 4 atom stereocenters. The van der Waals surface area contributed by atoms with Gasteiger partial charge in [0.2, 0.25) is 0 Å². The fourth-order valence-electron chi connectivity index (χ4n) is 3.38. The van der Waals surface area contributed by atoms with Crippen LogP contribution in [0.2, 0.25) is 0 Å². The van der Waals surface area contributed by atoms with Gasteiger partial charge in [-0.15, -0.1) is 0 Å². The number of aryl methyl sites for hydroxylation is 1. The second-order valence-electron chi connectivity index (χ2n) is 6.59. The lowest BCUT2D eigenvalue weighted by Crippen LogP contribution is -3.15. The van der Waals surface area contributed by atoms with E-state index in [9.17, 15) is 5.11 Å². The van der Waals surface area contributed by atoms with Crippen molar-refractivity contribution in [3.05, 3.63) is 29.8 Å². The van der Waals surface area contributed by atoms with Crippen LogP contribution in [-0.2, 0) is 0 Å². The molecule has 0 spiro atoms. The van der Waals surface area contributed by atoms with Crippen LogP contribution in [0, 0.1) is 18.8 Å². The highest BCUT2D eigenvalue weighted by Gasteiger charge is 2.26. The molecule has 3 nitrogen and oxygen atoms in total. The number of aliphatic hydroxyl groups is 1. The summed E-state index contributed by atoms with van der Waals surface area (Å²) in [6.45, 7) is 10.2. The standard InChI is InChI=1S/C17H27NO2/c1-13-5-4-6-17(8-13)20-12-16(19)11-18-9-14(2)7-15(3)10-18/h4-6,8,14-16,19H,7,9-12H2,1-3H3/p+1/t14-,15+,16-/m0/s1. The van der Waals surface area contributed by atoms with Gasteiger partial charge < -0.3 is 14.7 Å². The molecule has 3 heteroatoms. The van der Waals surface area contributed by atoms with Gasteiger partial charge in [0.25, 0.3) is 0 Å². The van der Waals surface area contributed by atoms with Crippen molar-refractivity contribution in [3.63, 3.8) is 0 Å². The first-order chi connectivity index (χ1) is 9.52. The Morgan fingerprint density at radius 2 is 2.00 bits per heavy atom. The van der Waals surface area contributed by atoms with E-state index in [4.69, 9.17) is 4.74 Å². The topological polar surface area (TPSA) is 33.9 Å². The van der Waals surface area contributed by atoms with Crippen LogP contribution < -0.4 is 9.64 Å². The monoisotopic (exact) mass is 278 g/mol. The van der Waals surface area contributed by atoms with Gasteiger partial charge in [-0.1, -0.05) is 26.0 Å². The molecule has 0 aromatic heterocycles. The van der Waals surface area contributed by atoms with Gasteiger partial charge in [-0.05, 0) is 31.0 Å². The zero-order valence-corrected chi connectivity index (χ0v) is 12.9. The average Bonchev–Trinajstić information content (AvgIpc) is 2.35. The molecule has 20 heavy (non-hydrogen) atoms. The highest BCUT2D eigenvalue weighted by molar-refractivity contribution is 5.27. The number of nitrogens with one attached hydrogen (secondary N) is 1. The second kappa shape index (κ2) is 7.09. The first-order valence-corrected chi connectivity index (χ1v) is 7.74. The van der Waals surface area contributed by atoms with E-state index in [-0.39, 0.29) is 6.10 Å². The molecule has 112 valence electrons. The normalized spacial score (nSPS) is 28.1. The lowest BCUT2D eigenvalue weighted by Gasteiger charge is -2.33. The Bertz CT molecular complexity index is 411. The highest BCUT2D eigenvalue weighted by atomic mass is 16.5. The van der Waals surface area contributed by atoms with E-state index in [0.717, 1.165) is 24.1 Å². The third-order valence-corrected chi connectivity index (χ3v) is 4.04. The van der Waals surface area contributed by atoms with Crippen molar-refractivity contribution in [2.75, 3.05) is 26.2 Å². The molecule has 0 aliphatic carbocycles. The highest BCUT2D eigenvalue weighted by Crippen LogP contribution is 2.13. The molecule has 1 aliphatic rings. The Morgan fingerprint density at radius 1 is 1.30 bits per heavy atom. The number of piperidine rings is 1. The molecule has 1 aromatic rings. The zero-order chi connectivity index (χ0) is 14.5. The zero-order valence-electron chi connectivity index (χ0n) is 12.9. The fraction of sp³-hybridized carbons (Fsp3) is 0.647. The molecular formula is C17H28NO2+. The molecule has 1 heterocycles. The lowest BCUT2D eigenvalue weighted by atomic mass is 9.92. The van der Waals surface area contributed by atoms with Crippen molar-refractivity contribution in [3.8, 4) is 5.75 Å². The van der Waals surface area contributed by atoms with Gasteiger partial charge in [-0.2, -0.15) is 0 Å². The quantitative estimate of drug-likeness (QED) is 0.851. The number of hydrogen-bond donors (Lipinski definition) is 2. The van der Waals surface area contributed by atoms with Crippen molar-refractivity contribution in [2.24, 2.45) is 11.8 Å². The van der Waals surface area contributed by atoms with Crippen molar-refractivity contribution in [2.45, 2.75) is 33.3 Å². The van der Waals surface area contributed by atoms with E-state index in [2.05, 4.69) is 13.8 Å². The minimum atomic E-state index is -0.386. The minimum Gasteiger partial charge on any atom is -0.491 e. The second-order valence-corrected chi connectivity index (χ2v) is 6.59. The van der Waals surface area contributed by atoms with E-state index in [0.29, 0.717) is 6.61 Å². The summed E-state index contributed by atoms with van der Waals surface area (Å²) in [5.41, 5.74) is 1.18. The fourth-order valence-corrected chi connectivity index (χ4v) is 3.38. The van der Waals surface area contributed by atoms with Crippen LogP contribution in [0.15, 0.2) is 24.3 Å². The summed E-state index contributed by atoms with van der Waals surface area (Å²) in [6.07, 6.45) is 0.933. The van der Waals surface area contributed by atoms with Crippen molar-refractivity contribution < 1.29 is 14.7 Å². The first kappa shape index (κ1) is 15.3. The SMILES string of the molecule is Cc1cccc(OC[C@@H](O)C[NH+]2C[C@H](C)C[C@H](C)C2)c1. The van der Waals surface area contributed by atoms with Gasteiger partial charge in [0.05, 0.1) is 13.1 Å². The Labute approximate surface area is 122 Å². The summed E-state index contributed by atoms with van der Waals surface area (Å²) in [5, 5.41) is 10.2. The Morgan fingerprint density at radius 3 is 2.65 bits per heavy atom. The number of quaternary nitrogens is 1. The molecule has 1 aliphatic heterocycles. The van der Waals surface area contributed by atoms with Crippen LogP contribution in [-0.4, -0.2) is 37.5 Å². The van der Waals surface area contributed by atoms with Gasteiger partial charge >= 0.3 is 0 Å². The predicted octanol–water partition coefficient (Wildman–Crippen LogP) is 1.30. The van der Waals surface area contributed by atoms with Crippen molar-refractivity contribution in [1.29, 1.82) is 0 Å². The number of benzene rings is 1. The van der Waals surface area contributed by atoms with Crippen LogP contribution in [0.1, 0.15) is 25.8 Å². The number of likely N-dealkylation sites (tertiary alicyclic amines) is 1. The van der Waals surface area contributed by atoms with E-state index < -0.39 is 0 Å². The summed E-state index contributed by atoms with van der Waals surface area (Å²) in [5.74, 6) is 2.37. The van der Waals surface area contributed by atoms with Gasteiger partial charge in [0.1, 0.15) is 25.0 Å². The molecule has 0 bridgehead atoms. The molecule has 1 saturated heterocycles. The predicted molar refractivity (Wildman–Crippen MR) is 81.2 cm³/mol. The molecule has 2 rings (SSSR count). The first-order valence-electron chi connectivity index (χ1n) is 7.74. The molecule has 1 fully saturated rings. The molecule has 2 N–H and O–H groups in total. The van der Waals surface area contributed by atoms with Crippen molar-refractivity contribution in [1.82, 2.24) is 0 Å². The van der Waals surface area contributed by atoms with E-state index in [1.807, 2.05) is 31.2 Å². The lowest BCUT2D eigenvalue weighted by molar-refractivity contribution is -0.915. The van der Waals surface area contributed by atoms with Gasteiger partial charge in [0.15, 0.2) is 0 Å². The third kappa shape index (κ3) is 4.80. The summed E-state index contributed by atoms with van der Waals surface area (Å²) in [6, 6.07) is 7.97. The largest absolute Gasteiger partial charge is 0.491 e. The molecule has 1 aromatic carbocycles. The van der Waals surface area contributed by atoms with Crippen LogP contribution >= 0.6 is 0 Å². The third-order valence-electron chi connectivity index (χ3n) is 4.04. The van der Waals surface area contributed by atoms with Crippen LogP contribution in [0.5, 0.6) is 5.75 Å². The number of hydrogen-bond acceptors (Lipinski definition) is 2. The van der Waals surface area contributed by atoms with E-state index in [1.165, 1.54) is 30.0 Å². The maximum Gasteiger partial charge on any atom is 0.137 e. The number of aliphatic hydroxyl groups excluding tert-OH is 1. The molecule has 1 unspecified atom stereocenters. The summed E-state index contributed by atoms with van der Waals surface area (Å²) >= 11 is 0. The molecule has 0 radical (unpaired) electrons. The van der Waals surface area contributed by atoms with Gasteiger partial charge in [-0.3, -0.25) is 0 Å². The molecule has 0 amide bonds.